The van der Waals surface area contributed by atoms with E-state index < -0.39 is 0 Å². The van der Waals surface area contributed by atoms with E-state index in [1.165, 1.54) is 5.57 Å². The molecular weight excluding hydrogens is 192 g/mol. The molecule has 0 amide bonds. The maximum absolute atomic E-state index is 4.40. The first-order valence-electron chi connectivity index (χ1n) is 6.65. The van der Waals surface area contributed by atoms with Crippen LogP contribution in [-0.4, -0.2) is 0 Å². The molecule has 0 fully saturated rings. The lowest BCUT2D eigenvalue weighted by molar-refractivity contribution is 0.0493. The Hall–Kier alpha value is -0.260. The Morgan fingerprint density at radius 2 is 1.25 bits per heavy atom. The summed E-state index contributed by atoms with van der Waals surface area (Å²) in [4.78, 5) is 0. The zero-order chi connectivity index (χ0) is 13.3. The number of allylic oxidation sites excluding steroid dienone is 1. The molecule has 0 heteroatoms. The Morgan fingerprint density at radius 1 is 0.875 bits per heavy atom. The van der Waals surface area contributed by atoms with Gasteiger partial charge in [-0.2, -0.15) is 0 Å². The van der Waals surface area contributed by atoms with Gasteiger partial charge in [-0.1, -0.05) is 74.5 Å². The standard InChI is InChI=1S/C16H32/c1-11(2)13(5)16(10,15(7,8)9)14(6)12(3)4/h11-12,14H,5H2,1-4,6-10H3. The second-order valence-corrected chi connectivity index (χ2v) is 7.16. The van der Waals surface area contributed by atoms with Crippen molar-refractivity contribution in [1.29, 1.82) is 0 Å². The SMILES string of the molecule is C=C(C(C)C)C(C)(C(C)C(C)C)C(C)(C)C. The zero-order valence-corrected chi connectivity index (χ0v) is 12.9. The van der Waals surface area contributed by atoms with Gasteiger partial charge < -0.3 is 0 Å². The van der Waals surface area contributed by atoms with Crippen LogP contribution in [0.5, 0.6) is 0 Å². The van der Waals surface area contributed by atoms with Gasteiger partial charge in [0.15, 0.2) is 0 Å². The van der Waals surface area contributed by atoms with Crippen LogP contribution in [0.25, 0.3) is 0 Å². The molecule has 0 rings (SSSR count). The quantitative estimate of drug-likeness (QED) is 0.550. The number of hydrogen-bond donors (Lipinski definition) is 0. The fourth-order valence-electron chi connectivity index (χ4n) is 2.72. The minimum Gasteiger partial charge on any atom is -0.0990 e. The van der Waals surface area contributed by atoms with Crippen LogP contribution < -0.4 is 0 Å². The molecule has 0 nitrogen and oxygen atoms in total. The van der Waals surface area contributed by atoms with Crippen LogP contribution in [0.4, 0.5) is 0 Å². The third-order valence-corrected chi connectivity index (χ3v) is 4.83. The molecule has 2 atom stereocenters. The molecule has 0 aromatic rings. The maximum atomic E-state index is 4.40. The van der Waals surface area contributed by atoms with Gasteiger partial charge in [-0.05, 0) is 28.6 Å². The van der Waals surface area contributed by atoms with Crippen LogP contribution in [0.1, 0.15) is 62.3 Å². The Kier molecular flexibility index (Phi) is 4.86. The van der Waals surface area contributed by atoms with Crippen LogP contribution in [0.15, 0.2) is 12.2 Å². The summed E-state index contributed by atoms with van der Waals surface area (Å²) >= 11 is 0. The molecule has 0 aliphatic carbocycles. The molecule has 0 heterocycles. The fourth-order valence-corrected chi connectivity index (χ4v) is 2.72. The third-order valence-electron chi connectivity index (χ3n) is 4.83. The van der Waals surface area contributed by atoms with Crippen molar-refractivity contribution < 1.29 is 0 Å². The predicted octanol–water partition coefficient (Wildman–Crippen LogP) is 5.54. The first-order chi connectivity index (χ1) is 6.96. The summed E-state index contributed by atoms with van der Waals surface area (Å²) in [5.41, 5.74) is 1.87. The van der Waals surface area contributed by atoms with Crippen molar-refractivity contribution >= 4 is 0 Å². The van der Waals surface area contributed by atoms with E-state index in [-0.39, 0.29) is 10.8 Å². The lowest BCUT2D eigenvalue weighted by atomic mass is 9.54. The topological polar surface area (TPSA) is 0 Å². The van der Waals surface area contributed by atoms with Gasteiger partial charge in [0.05, 0.1) is 0 Å². The summed E-state index contributed by atoms with van der Waals surface area (Å²) in [6.45, 7) is 25.4. The van der Waals surface area contributed by atoms with Crippen molar-refractivity contribution in [2.45, 2.75) is 62.3 Å². The molecule has 0 N–H and O–H groups in total. The lowest BCUT2D eigenvalue weighted by Gasteiger charge is -2.51. The highest BCUT2D eigenvalue weighted by molar-refractivity contribution is 5.17. The lowest BCUT2D eigenvalue weighted by Crippen LogP contribution is -2.43. The average Bonchev–Trinajstić information content (AvgIpc) is 2.11. The van der Waals surface area contributed by atoms with Gasteiger partial charge in [-0.3, -0.25) is 0 Å². The van der Waals surface area contributed by atoms with Crippen LogP contribution in [-0.2, 0) is 0 Å². The molecule has 0 spiro atoms. The van der Waals surface area contributed by atoms with E-state index in [2.05, 4.69) is 68.9 Å². The molecule has 0 aliphatic rings. The highest BCUT2D eigenvalue weighted by Gasteiger charge is 2.45. The van der Waals surface area contributed by atoms with Crippen LogP contribution >= 0.6 is 0 Å². The van der Waals surface area contributed by atoms with E-state index in [0.717, 1.165) is 0 Å². The minimum absolute atomic E-state index is 0.204. The van der Waals surface area contributed by atoms with Crippen LogP contribution in [0, 0.1) is 28.6 Å². The van der Waals surface area contributed by atoms with Crippen molar-refractivity contribution in [3.8, 4) is 0 Å². The Morgan fingerprint density at radius 3 is 1.44 bits per heavy atom. The Labute approximate surface area is 104 Å². The van der Waals surface area contributed by atoms with Crippen LogP contribution in [0.2, 0.25) is 0 Å². The van der Waals surface area contributed by atoms with Crippen molar-refractivity contribution in [2.75, 3.05) is 0 Å². The summed E-state index contributed by atoms with van der Waals surface area (Å²) in [5, 5.41) is 0. The molecular formula is C16H32. The van der Waals surface area contributed by atoms with Gasteiger partial charge in [0.1, 0.15) is 0 Å². The van der Waals surface area contributed by atoms with Gasteiger partial charge >= 0.3 is 0 Å². The van der Waals surface area contributed by atoms with E-state index >= 15 is 0 Å². The maximum Gasteiger partial charge on any atom is -0.00400 e. The molecule has 2 unspecified atom stereocenters. The molecule has 0 radical (unpaired) electrons. The molecule has 0 saturated carbocycles. The molecule has 16 heavy (non-hydrogen) atoms. The van der Waals surface area contributed by atoms with E-state index in [1.54, 1.807) is 0 Å². The second kappa shape index (κ2) is 4.94. The van der Waals surface area contributed by atoms with Crippen molar-refractivity contribution in [3.05, 3.63) is 12.2 Å². The first kappa shape index (κ1) is 15.7. The number of rotatable bonds is 4. The number of hydrogen-bond acceptors (Lipinski definition) is 0. The Balaban J connectivity index is 5.46. The van der Waals surface area contributed by atoms with Gasteiger partial charge in [-0.25, -0.2) is 0 Å². The normalized spacial score (nSPS) is 18.7. The molecule has 0 saturated heterocycles. The van der Waals surface area contributed by atoms with Crippen molar-refractivity contribution in [1.82, 2.24) is 0 Å². The van der Waals surface area contributed by atoms with Crippen molar-refractivity contribution in [3.63, 3.8) is 0 Å². The van der Waals surface area contributed by atoms with E-state index in [4.69, 9.17) is 0 Å². The third kappa shape index (κ3) is 2.70. The zero-order valence-electron chi connectivity index (χ0n) is 12.9. The Bertz CT molecular complexity index is 239. The molecule has 0 aliphatic heterocycles. The van der Waals surface area contributed by atoms with Crippen LogP contribution in [0.3, 0.4) is 0 Å². The summed E-state index contributed by atoms with van der Waals surface area (Å²) < 4.78 is 0. The van der Waals surface area contributed by atoms with E-state index in [1.807, 2.05) is 0 Å². The first-order valence-corrected chi connectivity index (χ1v) is 6.65. The molecule has 0 aromatic carbocycles. The van der Waals surface area contributed by atoms with Gasteiger partial charge in [-0.15, -0.1) is 0 Å². The molecule has 96 valence electrons. The summed E-state index contributed by atoms with van der Waals surface area (Å²) in [5.74, 6) is 1.91. The molecule has 0 aromatic heterocycles. The summed E-state index contributed by atoms with van der Waals surface area (Å²) in [7, 11) is 0. The highest BCUT2D eigenvalue weighted by Crippen LogP contribution is 2.53. The smallest absolute Gasteiger partial charge is 0.00400 e. The van der Waals surface area contributed by atoms with E-state index in [9.17, 15) is 0 Å². The minimum atomic E-state index is 0.204. The van der Waals surface area contributed by atoms with Gasteiger partial charge in [0.2, 0.25) is 0 Å². The van der Waals surface area contributed by atoms with E-state index in [0.29, 0.717) is 17.8 Å². The highest BCUT2D eigenvalue weighted by atomic mass is 14.5. The average molecular weight is 224 g/mol. The summed E-state index contributed by atoms with van der Waals surface area (Å²) in [6.07, 6.45) is 0. The van der Waals surface area contributed by atoms with Gasteiger partial charge in [0, 0.05) is 0 Å². The van der Waals surface area contributed by atoms with Crippen molar-refractivity contribution in [2.24, 2.45) is 28.6 Å². The second-order valence-electron chi connectivity index (χ2n) is 7.16. The molecule has 0 bridgehead atoms. The largest absolute Gasteiger partial charge is 0.0990 e. The fraction of sp³-hybridized carbons (Fsp3) is 0.875. The van der Waals surface area contributed by atoms with Gasteiger partial charge in [0.25, 0.3) is 0 Å². The predicted molar refractivity (Wildman–Crippen MR) is 75.5 cm³/mol. The summed E-state index contributed by atoms with van der Waals surface area (Å²) in [6, 6.07) is 0. The monoisotopic (exact) mass is 224 g/mol.